The van der Waals surface area contributed by atoms with Gasteiger partial charge in [-0.05, 0) is 49.2 Å². The summed E-state index contributed by atoms with van der Waals surface area (Å²) in [4.78, 5) is 28.9. The molecule has 1 aliphatic rings. The van der Waals surface area contributed by atoms with Crippen molar-refractivity contribution in [2.45, 2.75) is 12.8 Å². The molecule has 1 saturated carbocycles. The van der Waals surface area contributed by atoms with E-state index in [0.29, 0.717) is 17.2 Å². The first-order chi connectivity index (χ1) is 14.7. The first-order valence-corrected chi connectivity index (χ1v) is 9.81. The molecular weight excluding hydrogens is 378 g/mol. The maximum absolute atomic E-state index is 12.5. The summed E-state index contributed by atoms with van der Waals surface area (Å²) < 4.78 is 1.70. The van der Waals surface area contributed by atoms with Crippen LogP contribution in [0.4, 0.5) is 11.6 Å². The maximum atomic E-state index is 12.5. The van der Waals surface area contributed by atoms with Gasteiger partial charge in [-0.1, -0.05) is 36.4 Å². The summed E-state index contributed by atoms with van der Waals surface area (Å²) in [5.74, 6) is 0.196. The van der Waals surface area contributed by atoms with Crippen LogP contribution in [0.15, 0.2) is 72.8 Å². The number of fused-ring (bicyclic) bond motifs is 1. The van der Waals surface area contributed by atoms with Gasteiger partial charge in [0, 0.05) is 22.7 Å². The summed E-state index contributed by atoms with van der Waals surface area (Å²) in [5.41, 5.74) is 3.67. The fourth-order valence-electron chi connectivity index (χ4n) is 3.25. The largest absolute Gasteiger partial charge is 0.322 e. The number of para-hydroxylation sites is 1. The van der Waals surface area contributed by atoms with E-state index >= 15 is 0 Å². The molecule has 0 saturated heterocycles. The topological polar surface area (TPSA) is 88.4 Å². The van der Waals surface area contributed by atoms with E-state index in [4.69, 9.17) is 0 Å². The van der Waals surface area contributed by atoms with Crippen LogP contribution in [-0.4, -0.2) is 26.4 Å². The van der Waals surface area contributed by atoms with Crippen LogP contribution in [0.3, 0.4) is 0 Å². The summed E-state index contributed by atoms with van der Waals surface area (Å²) in [6.07, 6.45) is 1.85. The fourth-order valence-corrected chi connectivity index (χ4v) is 3.25. The van der Waals surface area contributed by atoms with Crippen LogP contribution in [0.1, 0.15) is 23.2 Å². The normalized spacial score (nSPS) is 13.2. The van der Waals surface area contributed by atoms with E-state index in [1.807, 2.05) is 60.7 Å². The Labute approximate surface area is 172 Å². The number of amides is 2. The number of benzene rings is 2. The van der Waals surface area contributed by atoms with Gasteiger partial charge in [-0.25, -0.2) is 4.52 Å². The second-order valence-electron chi connectivity index (χ2n) is 7.28. The number of carbonyl (C=O) groups excluding carboxylic acids is 2. The molecule has 4 aromatic rings. The van der Waals surface area contributed by atoms with Crippen LogP contribution in [0.5, 0.6) is 0 Å². The van der Waals surface area contributed by atoms with E-state index in [1.165, 1.54) is 0 Å². The molecule has 0 unspecified atom stereocenters. The van der Waals surface area contributed by atoms with E-state index in [-0.39, 0.29) is 17.7 Å². The number of hydrogen-bond acceptors (Lipinski definition) is 4. The zero-order chi connectivity index (χ0) is 20.5. The average molecular weight is 397 g/mol. The Hall–Kier alpha value is -4.00. The zero-order valence-corrected chi connectivity index (χ0v) is 16.1. The number of carbonyl (C=O) groups is 2. The van der Waals surface area contributed by atoms with Crippen LogP contribution < -0.4 is 10.6 Å². The fraction of sp³-hybridized carbons (Fsp3) is 0.130. The Morgan fingerprint density at radius 3 is 2.37 bits per heavy atom. The predicted molar refractivity (Wildman–Crippen MR) is 114 cm³/mol. The van der Waals surface area contributed by atoms with E-state index < -0.39 is 0 Å². The highest BCUT2D eigenvalue weighted by molar-refractivity contribution is 6.04. The average Bonchev–Trinajstić information content (AvgIpc) is 3.54. The highest BCUT2D eigenvalue weighted by Gasteiger charge is 2.30. The maximum Gasteiger partial charge on any atom is 0.255 e. The summed E-state index contributed by atoms with van der Waals surface area (Å²) >= 11 is 0. The SMILES string of the molecule is O=C(Nc1ccccc1)c1ccc(-c2cccc3nc(NC(=O)C4CC4)nn23)cc1. The third kappa shape index (κ3) is 3.65. The van der Waals surface area contributed by atoms with Crippen LogP contribution in [-0.2, 0) is 4.79 Å². The molecule has 0 aliphatic heterocycles. The van der Waals surface area contributed by atoms with Crippen molar-refractivity contribution in [1.82, 2.24) is 14.6 Å². The predicted octanol–water partition coefficient (Wildman–Crippen LogP) is 4.00. The molecule has 1 fully saturated rings. The Kier molecular flexibility index (Phi) is 4.48. The standard InChI is InChI=1S/C23H19N5O2/c29-21(24-18-5-2-1-3-6-18)16-11-9-15(10-12-16)19-7-4-8-20-25-23(27-28(19)20)26-22(30)17-13-14-17/h1-12,17H,13-14H2,(H,24,29)(H,26,27,30). The third-order valence-electron chi connectivity index (χ3n) is 5.02. The van der Waals surface area contributed by atoms with Gasteiger partial charge in [-0.3, -0.25) is 14.9 Å². The van der Waals surface area contributed by atoms with Crippen molar-refractivity contribution in [2.75, 3.05) is 10.6 Å². The van der Waals surface area contributed by atoms with Crippen LogP contribution in [0.25, 0.3) is 16.9 Å². The van der Waals surface area contributed by atoms with Gasteiger partial charge in [0.2, 0.25) is 11.9 Å². The van der Waals surface area contributed by atoms with Crippen molar-refractivity contribution in [3.05, 3.63) is 78.4 Å². The number of rotatable bonds is 5. The zero-order valence-electron chi connectivity index (χ0n) is 16.1. The molecule has 0 atom stereocenters. The van der Waals surface area contributed by atoms with Crippen molar-refractivity contribution in [2.24, 2.45) is 5.92 Å². The van der Waals surface area contributed by atoms with Crippen molar-refractivity contribution < 1.29 is 9.59 Å². The second kappa shape index (κ2) is 7.44. The van der Waals surface area contributed by atoms with Gasteiger partial charge in [0.05, 0.1) is 5.69 Å². The molecule has 1 aliphatic carbocycles. The highest BCUT2D eigenvalue weighted by atomic mass is 16.2. The first kappa shape index (κ1) is 18.1. The molecule has 2 heterocycles. The number of aromatic nitrogens is 3. The Balaban J connectivity index is 1.39. The van der Waals surface area contributed by atoms with Crippen LogP contribution in [0.2, 0.25) is 0 Å². The monoisotopic (exact) mass is 397 g/mol. The van der Waals surface area contributed by atoms with Gasteiger partial charge in [-0.15, -0.1) is 5.10 Å². The summed E-state index contributed by atoms with van der Waals surface area (Å²) in [5, 5.41) is 10.1. The van der Waals surface area contributed by atoms with E-state index in [0.717, 1.165) is 29.8 Å². The summed E-state index contributed by atoms with van der Waals surface area (Å²) in [6.45, 7) is 0. The Morgan fingerprint density at radius 1 is 0.867 bits per heavy atom. The molecule has 0 spiro atoms. The minimum atomic E-state index is -0.170. The van der Waals surface area contributed by atoms with E-state index in [9.17, 15) is 9.59 Å². The van der Waals surface area contributed by atoms with Crippen molar-refractivity contribution in [3.63, 3.8) is 0 Å². The molecule has 30 heavy (non-hydrogen) atoms. The Morgan fingerprint density at radius 2 is 1.63 bits per heavy atom. The second-order valence-corrected chi connectivity index (χ2v) is 7.28. The lowest BCUT2D eigenvalue weighted by Gasteiger charge is -2.07. The number of hydrogen-bond donors (Lipinski definition) is 2. The van der Waals surface area contributed by atoms with Crippen molar-refractivity contribution in [3.8, 4) is 11.3 Å². The highest BCUT2D eigenvalue weighted by Crippen LogP contribution is 2.30. The van der Waals surface area contributed by atoms with Gasteiger partial charge in [0.15, 0.2) is 5.65 Å². The molecule has 148 valence electrons. The van der Waals surface area contributed by atoms with E-state index in [2.05, 4.69) is 20.7 Å². The lowest BCUT2D eigenvalue weighted by Crippen LogP contribution is -2.14. The molecule has 2 N–H and O–H groups in total. The molecule has 5 rings (SSSR count). The lowest BCUT2D eigenvalue weighted by atomic mass is 10.1. The van der Waals surface area contributed by atoms with Gasteiger partial charge in [-0.2, -0.15) is 4.98 Å². The van der Waals surface area contributed by atoms with Crippen LogP contribution in [0, 0.1) is 5.92 Å². The minimum absolute atomic E-state index is 0.0266. The molecule has 0 radical (unpaired) electrons. The number of nitrogens with one attached hydrogen (secondary N) is 2. The number of pyridine rings is 1. The number of nitrogens with zero attached hydrogens (tertiary/aromatic N) is 3. The van der Waals surface area contributed by atoms with Gasteiger partial charge in [0.25, 0.3) is 5.91 Å². The molecule has 7 heteroatoms. The first-order valence-electron chi connectivity index (χ1n) is 9.81. The quantitative estimate of drug-likeness (QED) is 0.533. The lowest BCUT2D eigenvalue weighted by molar-refractivity contribution is -0.117. The number of anilines is 2. The van der Waals surface area contributed by atoms with Crippen LogP contribution >= 0.6 is 0 Å². The van der Waals surface area contributed by atoms with Crippen molar-refractivity contribution in [1.29, 1.82) is 0 Å². The molecule has 2 aromatic carbocycles. The molecule has 2 amide bonds. The molecular formula is C23H19N5O2. The molecule has 7 nitrogen and oxygen atoms in total. The summed E-state index contributed by atoms with van der Waals surface area (Å²) in [7, 11) is 0. The van der Waals surface area contributed by atoms with Gasteiger partial charge >= 0.3 is 0 Å². The third-order valence-corrected chi connectivity index (χ3v) is 5.02. The Bertz CT molecular complexity index is 1230. The van der Waals surface area contributed by atoms with Gasteiger partial charge in [0.1, 0.15) is 0 Å². The molecule has 2 aromatic heterocycles. The smallest absolute Gasteiger partial charge is 0.255 e. The minimum Gasteiger partial charge on any atom is -0.322 e. The summed E-state index contributed by atoms with van der Waals surface area (Å²) in [6, 6.07) is 22.3. The van der Waals surface area contributed by atoms with E-state index in [1.54, 1.807) is 16.6 Å². The molecule has 0 bridgehead atoms. The van der Waals surface area contributed by atoms with Gasteiger partial charge < -0.3 is 5.32 Å². The van der Waals surface area contributed by atoms with Crippen molar-refractivity contribution >= 4 is 29.1 Å².